The van der Waals surface area contributed by atoms with Crippen molar-refractivity contribution >= 4 is 11.8 Å². The number of pyridine rings is 1. The Kier molecular flexibility index (Phi) is 5.92. The van der Waals surface area contributed by atoms with Gasteiger partial charge in [-0.2, -0.15) is 0 Å². The van der Waals surface area contributed by atoms with Crippen LogP contribution in [0.1, 0.15) is 66.9 Å². The monoisotopic (exact) mass is 303 g/mol. The van der Waals surface area contributed by atoms with Crippen LogP contribution in [-0.2, 0) is 0 Å². The lowest BCUT2D eigenvalue weighted by molar-refractivity contribution is 0.0767. The predicted molar refractivity (Wildman–Crippen MR) is 85.8 cm³/mol. The first kappa shape index (κ1) is 16.5. The molecule has 1 aromatic rings. The molecule has 0 unspecified atom stereocenters. The SMILES string of the molecule is CCN(CC)C(=O)c1cccc(C(=O)NC2CCCCC2)n1. The van der Waals surface area contributed by atoms with Gasteiger partial charge in [-0.05, 0) is 38.8 Å². The van der Waals surface area contributed by atoms with Crippen molar-refractivity contribution in [3.8, 4) is 0 Å². The molecule has 1 saturated carbocycles. The Labute approximate surface area is 132 Å². The van der Waals surface area contributed by atoms with Gasteiger partial charge in [-0.25, -0.2) is 4.98 Å². The van der Waals surface area contributed by atoms with Crippen LogP contribution in [-0.4, -0.2) is 40.8 Å². The largest absolute Gasteiger partial charge is 0.348 e. The van der Waals surface area contributed by atoms with Gasteiger partial charge in [0.2, 0.25) is 0 Å². The Bertz CT molecular complexity index is 520. The third-order valence-electron chi connectivity index (χ3n) is 4.19. The summed E-state index contributed by atoms with van der Waals surface area (Å²) in [4.78, 5) is 30.6. The molecule has 1 heterocycles. The zero-order chi connectivity index (χ0) is 15.9. The average Bonchev–Trinajstić information content (AvgIpc) is 2.57. The fraction of sp³-hybridized carbons (Fsp3) is 0.588. The Morgan fingerprint density at radius 2 is 1.77 bits per heavy atom. The lowest BCUT2D eigenvalue weighted by Gasteiger charge is -2.22. The van der Waals surface area contributed by atoms with Crippen molar-refractivity contribution in [1.82, 2.24) is 15.2 Å². The van der Waals surface area contributed by atoms with Crippen molar-refractivity contribution in [2.75, 3.05) is 13.1 Å². The fourth-order valence-electron chi connectivity index (χ4n) is 2.86. The van der Waals surface area contributed by atoms with Crippen LogP contribution >= 0.6 is 0 Å². The summed E-state index contributed by atoms with van der Waals surface area (Å²) in [5.74, 6) is -0.307. The number of carbonyl (C=O) groups excluding carboxylic acids is 2. The van der Waals surface area contributed by atoms with Crippen LogP contribution in [0.3, 0.4) is 0 Å². The molecule has 22 heavy (non-hydrogen) atoms. The van der Waals surface area contributed by atoms with Gasteiger partial charge in [-0.1, -0.05) is 25.3 Å². The van der Waals surface area contributed by atoms with E-state index in [-0.39, 0.29) is 17.9 Å². The summed E-state index contributed by atoms with van der Waals surface area (Å²) in [6.07, 6.45) is 5.64. The van der Waals surface area contributed by atoms with Gasteiger partial charge in [-0.15, -0.1) is 0 Å². The Morgan fingerprint density at radius 1 is 1.14 bits per heavy atom. The third-order valence-corrected chi connectivity index (χ3v) is 4.19. The zero-order valence-electron chi connectivity index (χ0n) is 13.5. The quantitative estimate of drug-likeness (QED) is 0.909. The fourth-order valence-corrected chi connectivity index (χ4v) is 2.86. The highest BCUT2D eigenvalue weighted by atomic mass is 16.2. The normalized spacial score (nSPS) is 15.4. The number of amides is 2. The van der Waals surface area contributed by atoms with Gasteiger partial charge in [0.05, 0.1) is 0 Å². The van der Waals surface area contributed by atoms with Crippen molar-refractivity contribution < 1.29 is 9.59 Å². The molecule has 2 amide bonds. The second kappa shape index (κ2) is 7.92. The molecule has 1 aromatic heterocycles. The third kappa shape index (κ3) is 4.06. The van der Waals surface area contributed by atoms with Crippen LogP contribution in [0, 0.1) is 0 Å². The van der Waals surface area contributed by atoms with Gasteiger partial charge in [0, 0.05) is 19.1 Å². The minimum atomic E-state index is -0.180. The maximum absolute atomic E-state index is 12.3. The van der Waals surface area contributed by atoms with E-state index in [1.807, 2.05) is 13.8 Å². The molecule has 5 nitrogen and oxygen atoms in total. The topological polar surface area (TPSA) is 62.3 Å². The van der Waals surface area contributed by atoms with Crippen molar-refractivity contribution in [2.45, 2.75) is 52.0 Å². The van der Waals surface area contributed by atoms with E-state index in [4.69, 9.17) is 0 Å². The summed E-state index contributed by atoms with van der Waals surface area (Å²) >= 11 is 0. The highest BCUT2D eigenvalue weighted by molar-refractivity contribution is 5.96. The molecular formula is C17H25N3O2. The second-order valence-corrected chi connectivity index (χ2v) is 5.69. The average molecular weight is 303 g/mol. The van der Waals surface area contributed by atoms with Crippen molar-refractivity contribution in [1.29, 1.82) is 0 Å². The Balaban J connectivity index is 2.06. The minimum Gasteiger partial charge on any atom is -0.348 e. The lowest BCUT2D eigenvalue weighted by atomic mass is 9.95. The van der Waals surface area contributed by atoms with Crippen LogP contribution in [0.5, 0.6) is 0 Å². The highest BCUT2D eigenvalue weighted by Crippen LogP contribution is 2.17. The van der Waals surface area contributed by atoms with E-state index >= 15 is 0 Å². The van der Waals surface area contributed by atoms with Gasteiger partial charge in [0.1, 0.15) is 11.4 Å². The van der Waals surface area contributed by atoms with Crippen LogP contribution in [0.15, 0.2) is 18.2 Å². The molecule has 1 N–H and O–H groups in total. The zero-order valence-corrected chi connectivity index (χ0v) is 13.5. The predicted octanol–water partition coefficient (Wildman–Crippen LogP) is 2.63. The molecule has 0 aromatic carbocycles. The summed E-state index contributed by atoms with van der Waals surface area (Å²) < 4.78 is 0. The molecule has 0 atom stereocenters. The summed E-state index contributed by atoms with van der Waals surface area (Å²) in [5.41, 5.74) is 0.656. The van der Waals surface area contributed by atoms with Gasteiger partial charge >= 0.3 is 0 Å². The number of nitrogens with one attached hydrogen (secondary N) is 1. The van der Waals surface area contributed by atoms with E-state index in [1.165, 1.54) is 19.3 Å². The summed E-state index contributed by atoms with van der Waals surface area (Å²) in [7, 11) is 0. The number of hydrogen-bond donors (Lipinski definition) is 1. The van der Waals surface area contributed by atoms with Gasteiger partial charge in [-0.3, -0.25) is 9.59 Å². The molecule has 1 aliphatic rings. The number of nitrogens with zero attached hydrogens (tertiary/aromatic N) is 2. The van der Waals surface area contributed by atoms with Crippen LogP contribution < -0.4 is 5.32 Å². The minimum absolute atomic E-state index is 0.127. The van der Waals surface area contributed by atoms with Crippen LogP contribution in [0.4, 0.5) is 0 Å². The molecule has 0 spiro atoms. The summed E-state index contributed by atoms with van der Waals surface area (Å²) in [6, 6.07) is 5.29. The van der Waals surface area contributed by atoms with Gasteiger partial charge in [0.15, 0.2) is 0 Å². The Morgan fingerprint density at radius 3 is 2.41 bits per heavy atom. The summed E-state index contributed by atoms with van der Waals surface area (Å²) in [5, 5.41) is 3.03. The summed E-state index contributed by atoms with van der Waals surface area (Å²) in [6.45, 7) is 5.13. The Hall–Kier alpha value is -1.91. The van der Waals surface area contributed by atoms with E-state index in [0.29, 0.717) is 24.5 Å². The van der Waals surface area contributed by atoms with Crippen molar-refractivity contribution in [2.24, 2.45) is 0 Å². The van der Waals surface area contributed by atoms with Crippen molar-refractivity contribution in [3.63, 3.8) is 0 Å². The first-order chi connectivity index (χ1) is 10.7. The molecule has 0 aliphatic heterocycles. The van der Waals surface area contributed by atoms with Crippen molar-refractivity contribution in [3.05, 3.63) is 29.6 Å². The number of rotatable bonds is 5. The van der Waals surface area contributed by atoms with E-state index in [9.17, 15) is 9.59 Å². The van der Waals surface area contributed by atoms with E-state index in [0.717, 1.165) is 12.8 Å². The molecule has 0 bridgehead atoms. The van der Waals surface area contributed by atoms with E-state index in [1.54, 1.807) is 23.1 Å². The number of aromatic nitrogens is 1. The highest BCUT2D eigenvalue weighted by Gasteiger charge is 2.19. The first-order valence-electron chi connectivity index (χ1n) is 8.22. The van der Waals surface area contributed by atoms with Crippen LogP contribution in [0.25, 0.3) is 0 Å². The maximum Gasteiger partial charge on any atom is 0.272 e. The smallest absolute Gasteiger partial charge is 0.272 e. The first-order valence-corrected chi connectivity index (χ1v) is 8.22. The molecule has 1 aliphatic carbocycles. The molecule has 1 fully saturated rings. The van der Waals surface area contributed by atoms with E-state index in [2.05, 4.69) is 10.3 Å². The van der Waals surface area contributed by atoms with Gasteiger partial charge in [0.25, 0.3) is 11.8 Å². The number of hydrogen-bond acceptors (Lipinski definition) is 3. The maximum atomic E-state index is 12.3. The second-order valence-electron chi connectivity index (χ2n) is 5.69. The molecule has 120 valence electrons. The standard InChI is InChI=1S/C17H25N3O2/c1-3-20(4-2)17(22)15-12-8-11-14(19-15)16(21)18-13-9-6-5-7-10-13/h8,11-13H,3-7,9-10H2,1-2H3,(H,18,21). The van der Waals surface area contributed by atoms with Gasteiger partial charge < -0.3 is 10.2 Å². The van der Waals surface area contributed by atoms with E-state index < -0.39 is 0 Å². The van der Waals surface area contributed by atoms with Crippen LogP contribution in [0.2, 0.25) is 0 Å². The molecule has 0 saturated heterocycles. The molecule has 0 radical (unpaired) electrons. The lowest BCUT2D eigenvalue weighted by Crippen LogP contribution is -2.37. The molecule has 5 heteroatoms. The molecular weight excluding hydrogens is 278 g/mol. The number of carbonyl (C=O) groups is 2. The molecule has 2 rings (SSSR count).